The minimum absolute atomic E-state index is 0.437. The van der Waals surface area contributed by atoms with Gasteiger partial charge in [-0.25, -0.2) is 9.97 Å². The summed E-state index contributed by atoms with van der Waals surface area (Å²) in [5, 5.41) is 1.27. The van der Waals surface area contributed by atoms with Crippen molar-refractivity contribution in [3.63, 3.8) is 0 Å². The van der Waals surface area contributed by atoms with Gasteiger partial charge in [0.05, 0.1) is 4.47 Å². The van der Waals surface area contributed by atoms with Crippen molar-refractivity contribution in [3.8, 4) is 0 Å². The number of hydrogen-bond donors (Lipinski definition) is 0. The molecule has 2 rings (SSSR count). The second kappa shape index (κ2) is 5.38. The highest BCUT2D eigenvalue weighted by molar-refractivity contribution is 9.10. The Bertz CT molecular complexity index is 560. The molecule has 0 amide bonds. The normalized spacial score (nSPS) is 10.6. The van der Waals surface area contributed by atoms with Crippen LogP contribution in [-0.2, 0) is 0 Å². The van der Waals surface area contributed by atoms with Gasteiger partial charge in [0.1, 0.15) is 16.5 Å². The molecule has 0 aliphatic heterocycles. The molecule has 0 saturated heterocycles. The molecular formula is C12H10BrClN2S. The summed E-state index contributed by atoms with van der Waals surface area (Å²) in [5.41, 5.74) is 2.49. The predicted molar refractivity (Wildman–Crippen MR) is 74.8 cm³/mol. The Labute approximate surface area is 118 Å². The molecule has 0 fully saturated rings. The summed E-state index contributed by atoms with van der Waals surface area (Å²) >= 11 is 10.9. The zero-order chi connectivity index (χ0) is 12.4. The minimum Gasteiger partial charge on any atom is -0.228 e. The van der Waals surface area contributed by atoms with Crippen LogP contribution in [0.15, 0.2) is 38.9 Å². The van der Waals surface area contributed by atoms with Gasteiger partial charge in [-0.15, -0.1) is 0 Å². The molecule has 0 N–H and O–H groups in total. The number of halogens is 2. The smallest absolute Gasteiger partial charge is 0.147 e. The maximum absolute atomic E-state index is 5.93. The van der Waals surface area contributed by atoms with E-state index >= 15 is 0 Å². The van der Waals surface area contributed by atoms with Crippen molar-refractivity contribution < 1.29 is 0 Å². The highest BCUT2D eigenvalue weighted by atomic mass is 79.9. The van der Waals surface area contributed by atoms with Crippen molar-refractivity contribution >= 4 is 39.3 Å². The molecule has 0 aliphatic rings. The topological polar surface area (TPSA) is 25.8 Å². The lowest BCUT2D eigenvalue weighted by atomic mass is 10.2. The SMILES string of the molecule is Cc1ccc(Sc2ncnc(Cl)c2Br)c(C)c1. The van der Waals surface area contributed by atoms with Crippen molar-refractivity contribution in [2.24, 2.45) is 0 Å². The third-order valence-corrected chi connectivity index (χ3v) is 4.96. The Morgan fingerprint density at radius 2 is 2.00 bits per heavy atom. The van der Waals surface area contributed by atoms with Gasteiger partial charge in [0.15, 0.2) is 0 Å². The van der Waals surface area contributed by atoms with Gasteiger partial charge in [0, 0.05) is 4.90 Å². The summed E-state index contributed by atoms with van der Waals surface area (Å²) in [4.78, 5) is 9.30. The predicted octanol–water partition coefficient (Wildman–Crippen LogP) is 4.66. The lowest BCUT2D eigenvalue weighted by Crippen LogP contribution is -1.88. The summed E-state index contributed by atoms with van der Waals surface area (Å²) < 4.78 is 0.742. The largest absolute Gasteiger partial charge is 0.228 e. The molecule has 88 valence electrons. The Morgan fingerprint density at radius 3 is 2.71 bits per heavy atom. The van der Waals surface area contributed by atoms with Crippen LogP contribution in [0.2, 0.25) is 5.15 Å². The molecule has 0 radical (unpaired) electrons. The van der Waals surface area contributed by atoms with Crippen LogP contribution in [0.5, 0.6) is 0 Å². The van der Waals surface area contributed by atoms with E-state index in [9.17, 15) is 0 Å². The standard InChI is InChI=1S/C12H10BrClN2S/c1-7-3-4-9(8(2)5-7)17-12-10(13)11(14)15-6-16-12/h3-6H,1-2H3. The fraction of sp³-hybridized carbons (Fsp3) is 0.167. The summed E-state index contributed by atoms with van der Waals surface area (Å²) in [5.74, 6) is 0. The molecule has 1 aromatic carbocycles. The second-order valence-corrected chi connectivity index (χ2v) is 5.84. The Morgan fingerprint density at radius 1 is 1.24 bits per heavy atom. The van der Waals surface area contributed by atoms with E-state index in [-0.39, 0.29) is 0 Å². The Kier molecular flexibility index (Phi) is 4.07. The van der Waals surface area contributed by atoms with Crippen LogP contribution in [0.25, 0.3) is 0 Å². The summed E-state index contributed by atoms with van der Waals surface area (Å²) in [6.07, 6.45) is 1.47. The van der Waals surface area contributed by atoms with E-state index in [0.29, 0.717) is 5.15 Å². The zero-order valence-corrected chi connectivity index (χ0v) is 12.5. The lowest BCUT2D eigenvalue weighted by molar-refractivity contribution is 1.02. The van der Waals surface area contributed by atoms with Gasteiger partial charge in [-0.05, 0) is 41.4 Å². The summed E-state index contributed by atoms with van der Waals surface area (Å²) in [6, 6.07) is 6.34. The molecule has 0 atom stereocenters. The molecule has 0 bridgehead atoms. The van der Waals surface area contributed by atoms with Gasteiger partial charge in [-0.3, -0.25) is 0 Å². The Balaban J connectivity index is 2.35. The number of aromatic nitrogens is 2. The molecular weight excluding hydrogens is 320 g/mol. The Hall–Kier alpha value is -0.580. The van der Waals surface area contributed by atoms with Crippen LogP contribution in [-0.4, -0.2) is 9.97 Å². The van der Waals surface area contributed by atoms with Crippen LogP contribution in [0, 0.1) is 13.8 Å². The average molecular weight is 330 g/mol. The minimum atomic E-state index is 0.437. The second-order valence-electron chi connectivity index (χ2n) is 3.65. The molecule has 1 heterocycles. The number of benzene rings is 1. The molecule has 1 aromatic heterocycles. The molecule has 0 saturated carbocycles. The molecule has 2 nitrogen and oxygen atoms in total. The number of rotatable bonds is 2. The zero-order valence-electron chi connectivity index (χ0n) is 9.37. The van der Waals surface area contributed by atoms with E-state index in [2.05, 4.69) is 57.9 Å². The summed E-state index contributed by atoms with van der Waals surface area (Å²) in [6.45, 7) is 4.17. The highest BCUT2D eigenvalue weighted by Gasteiger charge is 2.09. The first-order chi connectivity index (χ1) is 8.08. The van der Waals surface area contributed by atoms with Crippen LogP contribution in [0.1, 0.15) is 11.1 Å². The first kappa shape index (κ1) is 12.9. The third kappa shape index (κ3) is 3.00. The van der Waals surface area contributed by atoms with Crippen molar-refractivity contribution in [3.05, 3.63) is 45.3 Å². The van der Waals surface area contributed by atoms with Gasteiger partial charge >= 0.3 is 0 Å². The molecule has 0 aliphatic carbocycles. The van der Waals surface area contributed by atoms with Gasteiger partial charge in [-0.2, -0.15) is 0 Å². The van der Waals surface area contributed by atoms with Crippen molar-refractivity contribution in [1.82, 2.24) is 9.97 Å². The van der Waals surface area contributed by atoms with Crippen LogP contribution < -0.4 is 0 Å². The number of aryl methyl sites for hydroxylation is 2. The first-order valence-corrected chi connectivity index (χ1v) is 6.98. The van der Waals surface area contributed by atoms with Crippen molar-refractivity contribution in [1.29, 1.82) is 0 Å². The molecule has 0 unspecified atom stereocenters. The fourth-order valence-electron chi connectivity index (χ4n) is 1.42. The van der Waals surface area contributed by atoms with E-state index in [1.54, 1.807) is 11.8 Å². The number of hydrogen-bond acceptors (Lipinski definition) is 3. The maximum atomic E-state index is 5.93. The molecule has 0 spiro atoms. The van der Waals surface area contributed by atoms with Crippen LogP contribution >= 0.6 is 39.3 Å². The van der Waals surface area contributed by atoms with Crippen LogP contribution in [0.4, 0.5) is 0 Å². The van der Waals surface area contributed by atoms with Gasteiger partial charge in [-0.1, -0.05) is 41.1 Å². The van der Waals surface area contributed by atoms with E-state index in [0.717, 1.165) is 9.50 Å². The van der Waals surface area contributed by atoms with Crippen molar-refractivity contribution in [2.45, 2.75) is 23.8 Å². The maximum Gasteiger partial charge on any atom is 0.147 e. The van der Waals surface area contributed by atoms with Gasteiger partial charge in [0.25, 0.3) is 0 Å². The van der Waals surface area contributed by atoms with Crippen molar-refractivity contribution in [2.75, 3.05) is 0 Å². The van der Waals surface area contributed by atoms with E-state index in [1.807, 2.05) is 0 Å². The van der Waals surface area contributed by atoms with E-state index in [4.69, 9.17) is 11.6 Å². The van der Waals surface area contributed by atoms with Gasteiger partial charge in [0.2, 0.25) is 0 Å². The molecule has 17 heavy (non-hydrogen) atoms. The first-order valence-electron chi connectivity index (χ1n) is 4.99. The molecule has 5 heteroatoms. The average Bonchev–Trinajstić information content (AvgIpc) is 2.28. The molecule has 2 aromatic rings. The highest BCUT2D eigenvalue weighted by Crippen LogP contribution is 2.36. The quantitative estimate of drug-likeness (QED) is 0.749. The number of nitrogens with zero attached hydrogens (tertiary/aromatic N) is 2. The summed E-state index contributed by atoms with van der Waals surface area (Å²) in [7, 11) is 0. The van der Waals surface area contributed by atoms with Gasteiger partial charge < -0.3 is 0 Å². The lowest BCUT2D eigenvalue weighted by Gasteiger charge is -2.07. The van der Waals surface area contributed by atoms with Crippen LogP contribution in [0.3, 0.4) is 0 Å². The van der Waals surface area contributed by atoms with E-state index in [1.165, 1.54) is 22.3 Å². The monoisotopic (exact) mass is 328 g/mol. The third-order valence-electron chi connectivity index (χ3n) is 2.25. The fourth-order valence-corrected chi connectivity index (χ4v) is 2.91. The van der Waals surface area contributed by atoms with E-state index < -0.39 is 0 Å².